The van der Waals surface area contributed by atoms with E-state index in [1.54, 1.807) is 0 Å². The van der Waals surface area contributed by atoms with E-state index in [1.807, 2.05) is 36.4 Å². The van der Waals surface area contributed by atoms with Gasteiger partial charge in [0.05, 0.1) is 12.1 Å². The number of ether oxygens (including phenoxy) is 1. The van der Waals surface area contributed by atoms with Crippen molar-refractivity contribution >= 4 is 28.9 Å². The molecule has 2 aromatic carbocycles. The number of hydrogen-bond donors (Lipinski definition) is 1. The highest BCUT2D eigenvalue weighted by atomic mass is 35.5. The molecule has 108 valence electrons. The van der Waals surface area contributed by atoms with Crippen LogP contribution < -0.4 is 5.32 Å². The van der Waals surface area contributed by atoms with Gasteiger partial charge in [-0.15, -0.1) is 0 Å². The van der Waals surface area contributed by atoms with E-state index in [0.717, 1.165) is 28.8 Å². The van der Waals surface area contributed by atoms with E-state index < -0.39 is 0 Å². The Kier molecular flexibility index (Phi) is 3.33. The Morgan fingerprint density at radius 2 is 1.90 bits per heavy atom. The first-order valence-corrected chi connectivity index (χ1v) is 7.91. The van der Waals surface area contributed by atoms with Crippen LogP contribution in [-0.4, -0.2) is 6.61 Å². The van der Waals surface area contributed by atoms with Gasteiger partial charge in [-0.3, -0.25) is 0 Å². The van der Waals surface area contributed by atoms with E-state index in [2.05, 4.69) is 11.4 Å². The summed E-state index contributed by atoms with van der Waals surface area (Å²) in [5.74, 6) is 0.412. The first-order chi connectivity index (χ1) is 10.2. The van der Waals surface area contributed by atoms with E-state index in [9.17, 15) is 0 Å². The second-order valence-corrected chi connectivity index (χ2v) is 6.53. The number of halogens is 2. The zero-order valence-electron chi connectivity index (χ0n) is 11.4. The van der Waals surface area contributed by atoms with Crippen molar-refractivity contribution < 1.29 is 4.74 Å². The lowest BCUT2D eigenvalue weighted by atomic mass is 9.81. The lowest BCUT2D eigenvalue weighted by Gasteiger charge is -2.36. The standard InChI is InChI=1S/C17H15Cl2NO/c18-11-3-1-2-10(8-11)16-13-6-7-21-17(13)14-9-12(19)4-5-15(14)20-16/h1-5,8-9,13,16-17,20H,6-7H2/t13-,16+,17-/m1/s1. The Hall–Kier alpha value is -1.22. The van der Waals surface area contributed by atoms with Gasteiger partial charge in [-0.2, -0.15) is 0 Å². The molecule has 0 saturated carbocycles. The molecule has 4 heteroatoms. The van der Waals surface area contributed by atoms with Crippen LogP contribution in [0.5, 0.6) is 0 Å². The fourth-order valence-electron chi connectivity index (χ4n) is 3.47. The number of hydrogen-bond acceptors (Lipinski definition) is 2. The molecule has 0 amide bonds. The Bertz CT molecular complexity index is 688. The van der Waals surface area contributed by atoms with Crippen molar-refractivity contribution in [3.63, 3.8) is 0 Å². The average molecular weight is 320 g/mol. The summed E-state index contributed by atoms with van der Waals surface area (Å²) in [6.45, 7) is 0.792. The molecule has 0 radical (unpaired) electrons. The van der Waals surface area contributed by atoms with E-state index in [0.29, 0.717) is 5.92 Å². The molecule has 0 aromatic heterocycles. The van der Waals surface area contributed by atoms with Crippen LogP contribution in [0.2, 0.25) is 10.0 Å². The normalized spacial score (nSPS) is 26.9. The van der Waals surface area contributed by atoms with Crippen molar-refractivity contribution in [3.8, 4) is 0 Å². The van der Waals surface area contributed by atoms with E-state index in [-0.39, 0.29) is 12.1 Å². The Balaban J connectivity index is 1.79. The van der Waals surface area contributed by atoms with Crippen molar-refractivity contribution in [2.75, 3.05) is 11.9 Å². The summed E-state index contributed by atoms with van der Waals surface area (Å²) in [5, 5.41) is 5.17. The highest BCUT2D eigenvalue weighted by Crippen LogP contribution is 2.50. The number of benzene rings is 2. The third-order valence-corrected chi connectivity index (χ3v) is 4.87. The van der Waals surface area contributed by atoms with Gasteiger partial charge in [-0.1, -0.05) is 35.3 Å². The average Bonchev–Trinajstić information content (AvgIpc) is 2.96. The molecule has 3 atom stereocenters. The predicted molar refractivity (Wildman–Crippen MR) is 86.1 cm³/mol. The van der Waals surface area contributed by atoms with Crippen molar-refractivity contribution in [1.29, 1.82) is 0 Å². The maximum absolute atomic E-state index is 6.15. The maximum Gasteiger partial charge on any atom is 0.0897 e. The molecule has 0 unspecified atom stereocenters. The third-order valence-electron chi connectivity index (χ3n) is 4.40. The van der Waals surface area contributed by atoms with Crippen LogP contribution in [0.4, 0.5) is 5.69 Å². The Labute approximate surface area is 134 Å². The van der Waals surface area contributed by atoms with Crippen molar-refractivity contribution in [2.24, 2.45) is 5.92 Å². The topological polar surface area (TPSA) is 21.3 Å². The first-order valence-electron chi connectivity index (χ1n) is 7.15. The van der Waals surface area contributed by atoms with Crippen LogP contribution in [0.25, 0.3) is 0 Å². The highest BCUT2D eigenvalue weighted by molar-refractivity contribution is 6.31. The van der Waals surface area contributed by atoms with Crippen LogP contribution in [0, 0.1) is 5.92 Å². The van der Waals surface area contributed by atoms with Gasteiger partial charge in [-0.25, -0.2) is 0 Å². The van der Waals surface area contributed by atoms with E-state index in [1.165, 1.54) is 11.1 Å². The lowest BCUT2D eigenvalue weighted by molar-refractivity contribution is 0.0829. The monoisotopic (exact) mass is 319 g/mol. The predicted octanol–water partition coefficient (Wildman–Crippen LogP) is 5.24. The molecule has 2 nitrogen and oxygen atoms in total. The molecule has 1 fully saturated rings. The van der Waals surface area contributed by atoms with Gasteiger partial charge in [0.2, 0.25) is 0 Å². The second kappa shape index (κ2) is 5.20. The largest absolute Gasteiger partial charge is 0.378 e. The lowest BCUT2D eigenvalue weighted by Crippen LogP contribution is -2.29. The minimum absolute atomic E-state index is 0.115. The molecule has 2 aromatic rings. The summed E-state index contributed by atoms with van der Waals surface area (Å²) in [4.78, 5) is 0. The summed E-state index contributed by atoms with van der Waals surface area (Å²) in [5.41, 5.74) is 3.49. The van der Waals surface area contributed by atoms with E-state index in [4.69, 9.17) is 27.9 Å². The molecule has 2 aliphatic heterocycles. The fourth-order valence-corrected chi connectivity index (χ4v) is 3.85. The minimum Gasteiger partial charge on any atom is -0.378 e. The van der Waals surface area contributed by atoms with Crippen LogP contribution in [0.3, 0.4) is 0 Å². The van der Waals surface area contributed by atoms with Gasteiger partial charge in [0.15, 0.2) is 0 Å². The van der Waals surface area contributed by atoms with Crippen molar-refractivity contribution in [1.82, 2.24) is 0 Å². The zero-order valence-corrected chi connectivity index (χ0v) is 12.9. The number of nitrogens with one attached hydrogen (secondary N) is 1. The summed E-state index contributed by atoms with van der Waals surface area (Å²) in [7, 11) is 0. The fraction of sp³-hybridized carbons (Fsp3) is 0.294. The number of fused-ring (bicyclic) bond motifs is 3. The molecular formula is C17H15Cl2NO. The number of anilines is 1. The van der Waals surface area contributed by atoms with Gasteiger partial charge in [0.1, 0.15) is 0 Å². The SMILES string of the molecule is Clc1cccc([C@@H]2Nc3ccc(Cl)cc3[C@@H]3OCC[C@H]23)c1. The quantitative estimate of drug-likeness (QED) is 0.776. The molecule has 1 saturated heterocycles. The molecule has 0 spiro atoms. The Morgan fingerprint density at radius 1 is 1.05 bits per heavy atom. The van der Waals surface area contributed by atoms with Gasteiger partial charge >= 0.3 is 0 Å². The molecule has 0 bridgehead atoms. The highest BCUT2D eigenvalue weighted by Gasteiger charge is 2.41. The first kappa shape index (κ1) is 13.4. The molecule has 0 aliphatic carbocycles. The third kappa shape index (κ3) is 2.32. The smallest absolute Gasteiger partial charge is 0.0897 e. The number of rotatable bonds is 1. The van der Waals surface area contributed by atoms with E-state index >= 15 is 0 Å². The molecule has 2 aliphatic rings. The zero-order chi connectivity index (χ0) is 14.4. The molecule has 2 heterocycles. The maximum atomic E-state index is 6.15. The molecule has 4 rings (SSSR count). The van der Waals surface area contributed by atoms with Crippen LogP contribution in [0.15, 0.2) is 42.5 Å². The molecular weight excluding hydrogens is 305 g/mol. The second-order valence-electron chi connectivity index (χ2n) is 5.65. The van der Waals surface area contributed by atoms with Crippen molar-refractivity contribution in [3.05, 3.63) is 63.6 Å². The summed E-state index contributed by atoms with van der Waals surface area (Å²) >= 11 is 12.3. The molecule has 21 heavy (non-hydrogen) atoms. The van der Waals surface area contributed by atoms with Crippen LogP contribution >= 0.6 is 23.2 Å². The van der Waals surface area contributed by atoms with Gasteiger partial charge in [-0.05, 0) is 42.3 Å². The van der Waals surface area contributed by atoms with Crippen LogP contribution in [-0.2, 0) is 4.74 Å². The summed E-state index contributed by atoms with van der Waals surface area (Å²) < 4.78 is 5.99. The Morgan fingerprint density at radius 3 is 2.76 bits per heavy atom. The van der Waals surface area contributed by atoms with Crippen molar-refractivity contribution in [2.45, 2.75) is 18.6 Å². The minimum atomic E-state index is 0.115. The van der Waals surface area contributed by atoms with Crippen LogP contribution in [0.1, 0.15) is 29.7 Å². The molecule has 1 N–H and O–H groups in total. The van der Waals surface area contributed by atoms with Gasteiger partial charge in [0.25, 0.3) is 0 Å². The summed E-state index contributed by atoms with van der Waals surface area (Å²) in [6, 6.07) is 14.3. The van der Waals surface area contributed by atoms with Gasteiger partial charge in [0, 0.05) is 33.8 Å². The van der Waals surface area contributed by atoms with Gasteiger partial charge < -0.3 is 10.1 Å². The summed E-state index contributed by atoms with van der Waals surface area (Å²) in [6.07, 6.45) is 1.16.